The molecule has 0 radical (unpaired) electrons. The fraction of sp³-hybridized carbons (Fsp3) is 0.250. The molecule has 0 spiro atoms. The highest BCUT2D eigenvalue weighted by atomic mass is 16.5. The van der Waals surface area contributed by atoms with Gasteiger partial charge in [-0.05, 0) is 60.7 Å². The van der Waals surface area contributed by atoms with Crippen LogP contribution in [0.2, 0.25) is 0 Å². The number of aryl methyl sites for hydroxylation is 1. The number of rotatable bonds is 6. The highest BCUT2D eigenvalue weighted by molar-refractivity contribution is 6.10. The van der Waals surface area contributed by atoms with Gasteiger partial charge in [-0.2, -0.15) is 0 Å². The van der Waals surface area contributed by atoms with Gasteiger partial charge in [0, 0.05) is 6.20 Å². The normalized spacial score (nSPS) is 15.2. The van der Waals surface area contributed by atoms with Crippen LogP contribution in [0.25, 0.3) is 11.0 Å². The number of pyridine rings is 1. The maximum Gasteiger partial charge on any atom is 0.296 e. The predicted molar refractivity (Wildman–Crippen MR) is 132 cm³/mol. The zero-order valence-corrected chi connectivity index (χ0v) is 19.4. The molecular formula is C28H26N2O4. The minimum atomic E-state index is -0.674. The number of amides is 1. The van der Waals surface area contributed by atoms with Crippen LogP contribution in [0.3, 0.4) is 0 Å². The van der Waals surface area contributed by atoms with E-state index in [1.807, 2.05) is 37.3 Å². The van der Waals surface area contributed by atoms with Gasteiger partial charge in [-0.15, -0.1) is 0 Å². The lowest BCUT2D eigenvalue weighted by atomic mass is 9.98. The number of fused-ring (bicyclic) bond motifs is 2. The van der Waals surface area contributed by atoms with Gasteiger partial charge in [-0.3, -0.25) is 14.5 Å². The van der Waals surface area contributed by atoms with Crippen molar-refractivity contribution in [3.8, 4) is 5.75 Å². The monoisotopic (exact) mass is 454 g/mol. The summed E-state index contributed by atoms with van der Waals surface area (Å²) in [4.78, 5) is 33.3. The third-order valence-electron chi connectivity index (χ3n) is 6.06. The average molecular weight is 455 g/mol. The molecule has 0 bridgehead atoms. The van der Waals surface area contributed by atoms with Gasteiger partial charge in [0.1, 0.15) is 17.2 Å². The van der Waals surface area contributed by atoms with E-state index in [1.54, 1.807) is 41.4 Å². The van der Waals surface area contributed by atoms with Crippen LogP contribution in [0.4, 0.5) is 5.82 Å². The zero-order valence-electron chi connectivity index (χ0n) is 19.4. The highest BCUT2D eigenvalue weighted by Gasteiger charge is 2.44. The molecule has 1 aliphatic rings. The summed E-state index contributed by atoms with van der Waals surface area (Å²) in [6.45, 7) is 6.83. The molecular weight excluding hydrogens is 428 g/mol. The van der Waals surface area contributed by atoms with Crippen molar-refractivity contribution in [1.82, 2.24) is 4.98 Å². The number of nitrogens with zero attached hydrogens (tertiary/aromatic N) is 2. The van der Waals surface area contributed by atoms with E-state index in [0.717, 1.165) is 17.5 Å². The first-order valence-corrected chi connectivity index (χ1v) is 11.5. The summed E-state index contributed by atoms with van der Waals surface area (Å²) in [5.74, 6) is 1.36. The molecule has 2 aromatic carbocycles. The first-order chi connectivity index (χ1) is 16.4. The molecule has 6 heteroatoms. The second-order valence-electron chi connectivity index (χ2n) is 9.05. The van der Waals surface area contributed by atoms with Crippen LogP contribution in [0, 0.1) is 12.8 Å². The lowest BCUT2D eigenvalue weighted by Gasteiger charge is -2.24. The van der Waals surface area contributed by atoms with Gasteiger partial charge in [0.2, 0.25) is 5.76 Å². The molecule has 0 fully saturated rings. The molecule has 3 heterocycles. The summed E-state index contributed by atoms with van der Waals surface area (Å²) in [6.07, 6.45) is 2.64. The minimum Gasteiger partial charge on any atom is -0.494 e. The molecule has 5 rings (SSSR count). The van der Waals surface area contributed by atoms with Crippen LogP contribution in [-0.4, -0.2) is 17.5 Å². The smallest absolute Gasteiger partial charge is 0.296 e. The quantitative estimate of drug-likeness (QED) is 0.375. The second-order valence-corrected chi connectivity index (χ2v) is 9.05. The van der Waals surface area contributed by atoms with Gasteiger partial charge in [0.05, 0.1) is 23.6 Å². The molecule has 1 atom stereocenters. The largest absolute Gasteiger partial charge is 0.494 e. The Kier molecular flexibility index (Phi) is 5.65. The van der Waals surface area contributed by atoms with Gasteiger partial charge in [-0.1, -0.05) is 44.2 Å². The predicted octanol–water partition coefficient (Wildman–Crippen LogP) is 5.67. The van der Waals surface area contributed by atoms with Gasteiger partial charge in [0.25, 0.3) is 5.91 Å². The number of para-hydroxylation sites is 1. The number of hydrogen-bond donors (Lipinski definition) is 0. The second kappa shape index (κ2) is 8.78. The minimum absolute atomic E-state index is 0.0576. The van der Waals surface area contributed by atoms with E-state index in [0.29, 0.717) is 40.6 Å². The third kappa shape index (κ3) is 3.85. The van der Waals surface area contributed by atoms with Gasteiger partial charge in [0.15, 0.2) is 5.43 Å². The summed E-state index contributed by atoms with van der Waals surface area (Å²) in [6, 6.07) is 17.6. The standard InChI is InChI=1S/C28H26N2O4/c1-17(2)13-14-33-20-8-6-7-19(15-20)25-24-26(31)21-9-4-5-10-22(21)34-27(24)28(32)30(25)23-12-11-18(3)16-29-23/h4-12,15-17,25H,13-14H2,1-3H3/t25-/m0/s1. The Morgan fingerprint density at radius 1 is 1.06 bits per heavy atom. The van der Waals surface area contributed by atoms with E-state index in [4.69, 9.17) is 9.15 Å². The summed E-state index contributed by atoms with van der Waals surface area (Å²) >= 11 is 0. The SMILES string of the molecule is Cc1ccc(N2C(=O)c3oc4ccccc4c(=O)c3[C@@H]2c2cccc(OCCC(C)C)c2)nc1. The average Bonchev–Trinajstić information content (AvgIpc) is 3.12. The van der Waals surface area contributed by atoms with Crippen LogP contribution in [0.5, 0.6) is 5.75 Å². The Bertz CT molecular complexity index is 1420. The lowest BCUT2D eigenvalue weighted by Crippen LogP contribution is -2.30. The molecule has 0 saturated carbocycles. The molecule has 0 N–H and O–H groups in total. The first-order valence-electron chi connectivity index (χ1n) is 11.5. The number of aromatic nitrogens is 1. The van der Waals surface area contributed by atoms with Crippen LogP contribution >= 0.6 is 0 Å². The van der Waals surface area contributed by atoms with Crippen molar-refractivity contribution in [3.63, 3.8) is 0 Å². The van der Waals surface area contributed by atoms with Gasteiger partial charge < -0.3 is 9.15 Å². The van der Waals surface area contributed by atoms with E-state index >= 15 is 0 Å². The van der Waals surface area contributed by atoms with Crippen molar-refractivity contribution >= 4 is 22.7 Å². The Morgan fingerprint density at radius 2 is 1.88 bits per heavy atom. The molecule has 172 valence electrons. The van der Waals surface area contributed by atoms with Crippen molar-refractivity contribution in [2.24, 2.45) is 5.92 Å². The fourth-order valence-corrected chi connectivity index (χ4v) is 4.26. The van der Waals surface area contributed by atoms with Crippen molar-refractivity contribution in [2.45, 2.75) is 33.2 Å². The van der Waals surface area contributed by atoms with Crippen molar-refractivity contribution in [2.75, 3.05) is 11.5 Å². The number of hydrogen-bond acceptors (Lipinski definition) is 5. The molecule has 1 aliphatic heterocycles. The summed E-state index contributed by atoms with van der Waals surface area (Å²) in [5.41, 5.74) is 2.24. The number of benzene rings is 2. The summed E-state index contributed by atoms with van der Waals surface area (Å²) in [7, 11) is 0. The van der Waals surface area contributed by atoms with E-state index in [2.05, 4.69) is 18.8 Å². The molecule has 0 aliphatic carbocycles. The van der Waals surface area contributed by atoms with Crippen LogP contribution in [0.15, 0.2) is 76.1 Å². The maximum absolute atomic E-state index is 13.6. The van der Waals surface area contributed by atoms with E-state index in [9.17, 15) is 9.59 Å². The highest BCUT2D eigenvalue weighted by Crippen LogP contribution is 2.41. The van der Waals surface area contributed by atoms with Gasteiger partial charge in [-0.25, -0.2) is 4.98 Å². The van der Waals surface area contributed by atoms with Gasteiger partial charge >= 0.3 is 0 Å². The molecule has 0 saturated heterocycles. The van der Waals surface area contributed by atoms with Crippen LogP contribution in [0.1, 0.15) is 53.6 Å². The molecule has 2 aromatic heterocycles. The molecule has 0 unspecified atom stereocenters. The Balaban J connectivity index is 1.67. The molecule has 1 amide bonds. The Morgan fingerprint density at radius 3 is 2.65 bits per heavy atom. The van der Waals surface area contributed by atoms with E-state index in [-0.39, 0.29) is 17.1 Å². The molecule has 4 aromatic rings. The zero-order chi connectivity index (χ0) is 23.8. The number of carbonyl (C=O) groups excluding carboxylic acids is 1. The first kappa shape index (κ1) is 21.9. The fourth-order valence-electron chi connectivity index (χ4n) is 4.26. The summed E-state index contributed by atoms with van der Waals surface area (Å²) < 4.78 is 12.0. The molecule has 34 heavy (non-hydrogen) atoms. The van der Waals surface area contributed by atoms with Crippen LogP contribution in [-0.2, 0) is 0 Å². The topological polar surface area (TPSA) is 72.6 Å². The molecule has 6 nitrogen and oxygen atoms in total. The maximum atomic E-state index is 13.6. The van der Waals surface area contributed by atoms with Crippen LogP contribution < -0.4 is 15.1 Å². The van der Waals surface area contributed by atoms with E-state index < -0.39 is 6.04 Å². The summed E-state index contributed by atoms with van der Waals surface area (Å²) in [5, 5.41) is 0.446. The third-order valence-corrected chi connectivity index (χ3v) is 6.06. The Hall–Kier alpha value is -3.93. The Labute approximate surface area is 197 Å². The van der Waals surface area contributed by atoms with Crippen molar-refractivity contribution in [3.05, 3.63) is 99.5 Å². The van der Waals surface area contributed by atoms with E-state index in [1.165, 1.54) is 0 Å². The van der Waals surface area contributed by atoms with Crippen molar-refractivity contribution in [1.29, 1.82) is 0 Å². The number of carbonyl (C=O) groups is 1. The number of anilines is 1. The lowest BCUT2D eigenvalue weighted by molar-refractivity contribution is 0.0970. The number of ether oxygens (including phenoxy) is 1. The van der Waals surface area contributed by atoms with Crippen molar-refractivity contribution < 1.29 is 13.9 Å².